The third-order valence-electron chi connectivity index (χ3n) is 3.67. The highest BCUT2D eigenvalue weighted by Gasteiger charge is 2.22. The van der Waals surface area contributed by atoms with Crippen LogP contribution >= 0.6 is 11.3 Å². The molecule has 0 saturated carbocycles. The van der Waals surface area contributed by atoms with Crippen LogP contribution in [0.2, 0.25) is 0 Å². The van der Waals surface area contributed by atoms with Crippen molar-refractivity contribution in [1.29, 1.82) is 0 Å². The van der Waals surface area contributed by atoms with Crippen molar-refractivity contribution in [3.05, 3.63) is 21.9 Å². The zero-order valence-corrected chi connectivity index (χ0v) is 13.5. The SMILES string of the molecule is Cc1ccsc1CN(C)CC(=O)N[C@H]1CCCCNC1=O. The van der Waals surface area contributed by atoms with E-state index in [1.165, 1.54) is 10.4 Å². The van der Waals surface area contributed by atoms with E-state index in [1.54, 1.807) is 11.3 Å². The summed E-state index contributed by atoms with van der Waals surface area (Å²) in [7, 11) is 1.92. The zero-order chi connectivity index (χ0) is 15.2. The fourth-order valence-corrected chi connectivity index (χ4v) is 3.41. The van der Waals surface area contributed by atoms with E-state index in [1.807, 2.05) is 11.9 Å². The van der Waals surface area contributed by atoms with Gasteiger partial charge in [-0.05, 0) is 50.2 Å². The van der Waals surface area contributed by atoms with E-state index >= 15 is 0 Å². The minimum absolute atomic E-state index is 0.0578. The van der Waals surface area contributed by atoms with Gasteiger partial charge in [0, 0.05) is 18.0 Å². The van der Waals surface area contributed by atoms with Crippen LogP contribution in [0.15, 0.2) is 11.4 Å². The molecule has 0 bridgehead atoms. The van der Waals surface area contributed by atoms with Gasteiger partial charge in [-0.25, -0.2) is 0 Å². The van der Waals surface area contributed by atoms with Gasteiger partial charge in [0.15, 0.2) is 0 Å². The van der Waals surface area contributed by atoms with Gasteiger partial charge in [-0.15, -0.1) is 11.3 Å². The lowest BCUT2D eigenvalue weighted by molar-refractivity contribution is -0.129. The molecule has 0 unspecified atom stereocenters. The van der Waals surface area contributed by atoms with Crippen LogP contribution in [0.25, 0.3) is 0 Å². The molecule has 1 aromatic heterocycles. The minimum atomic E-state index is -0.378. The Morgan fingerprint density at radius 2 is 2.33 bits per heavy atom. The molecule has 0 spiro atoms. The number of hydrogen-bond acceptors (Lipinski definition) is 4. The van der Waals surface area contributed by atoms with E-state index < -0.39 is 0 Å². The Balaban J connectivity index is 1.80. The summed E-state index contributed by atoms with van der Waals surface area (Å²) in [6.45, 7) is 3.85. The molecule has 21 heavy (non-hydrogen) atoms. The van der Waals surface area contributed by atoms with E-state index in [0.717, 1.165) is 25.8 Å². The third kappa shape index (κ3) is 4.82. The monoisotopic (exact) mass is 309 g/mol. The largest absolute Gasteiger partial charge is 0.354 e. The van der Waals surface area contributed by atoms with Crippen LogP contribution in [-0.4, -0.2) is 42.9 Å². The van der Waals surface area contributed by atoms with Gasteiger partial charge in [0.25, 0.3) is 0 Å². The van der Waals surface area contributed by atoms with Crippen molar-refractivity contribution in [2.75, 3.05) is 20.1 Å². The van der Waals surface area contributed by atoms with Crippen molar-refractivity contribution in [1.82, 2.24) is 15.5 Å². The number of carbonyl (C=O) groups is 2. The van der Waals surface area contributed by atoms with Crippen LogP contribution in [0.4, 0.5) is 0 Å². The van der Waals surface area contributed by atoms with Crippen molar-refractivity contribution >= 4 is 23.2 Å². The lowest BCUT2D eigenvalue weighted by Gasteiger charge is -2.19. The average Bonchev–Trinajstić information content (AvgIpc) is 2.70. The van der Waals surface area contributed by atoms with Gasteiger partial charge in [0.1, 0.15) is 6.04 Å². The van der Waals surface area contributed by atoms with Crippen LogP contribution in [0.5, 0.6) is 0 Å². The first-order valence-corrected chi connectivity index (χ1v) is 8.23. The standard InChI is InChI=1S/C15H23N3O2S/c1-11-6-8-21-13(11)9-18(2)10-14(19)17-12-5-3-4-7-16-15(12)20/h6,8,12H,3-5,7,9-10H2,1-2H3,(H,16,20)(H,17,19)/t12-/m0/s1. The average molecular weight is 309 g/mol. The predicted octanol–water partition coefficient (Wildman–Crippen LogP) is 1.27. The fraction of sp³-hybridized carbons (Fsp3) is 0.600. The van der Waals surface area contributed by atoms with Crippen molar-refractivity contribution in [2.24, 2.45) is 0 Å². The summed E-state index contributed by atoms with van der Waals surface area (Å²) in [6, 6.07) is 1.71. The van der Waals surface area contributed by atoms with Gasteiger partial charge >= 0.3 is 0 Å². The molecule has 2 N–H and O–H groups in total. The molecule has 2 heterocycles. The van der Waals surface area contributed by atoms with E-state index in [-0.39, 0.29) is 17.9 Å². The maximum absolute atomic E-state index is 12.1. The first-order valence-electron chi connectivity index (χ1n) is 7.35. The van der Waals surface area contributed by atoms with Gasteiger partial charge in [0.05, 0.1) is 6.54 Å². The first kappa shape index (κ1) is 16.0. The molecular formula is C15H23N3O2S. The summed E-state index contributed by atoms with van der Waals surface area (Å²) in [5, 5.41) is 7.74. The summed E-state index contributed by atoms with van der Waals surface area (Å²) in [5.74, 6) is -0.147. The lowest BCUT2D eigenvalue weighted by atomic mass is 10.1. The Kier molecular flexibility index (Phi) is 5.76. The molecular weight excluding hydrogens is 286 g/mol. The van der Waals surface area contributed by atoms with Gasteiger partial charge in [-0.2, -0.15) is 0 Å². The van der Waals surface area contributed by atoms with Crippen LogP contribution in [-0.2, 0) is 16.1 Å². The highest BCUT2D eigenvalue weighted by Crippen LogP contribution is 2.17. The quantitative estimate of drug-likeness (QED) is 0.861. The molecule has 1 saturated heterocycles. The second-order valence-corrected chi connectivity index (χ2v) is 6.61. The number of hydrogen-bond donors (Lipinski definition) is 2. The van der Waals surface area contributed by atoms with Crippen molar-refractivity contribution in [3.63, 3.8) is 0 Å². The lowest BCUT2D eigenvalue weighted by Crippen LogP contribution is -2.48. The molecule has 1 aliphatic rings. The molecule has 1 aliphatic heterocycles. The number of amides is 2. The van der Waals surface area contributed by atoms with Gasteiger partial charge in [-0.1, -0.05) is 0 Å². The topological polar surface area (TPSA) is 61.4 Å². The molecule has 1 atom stereocenters. The Morgan fingerprint density at radius 3 is 3.05 bits per heavy atom. The second kappa shape index (κ2) is 7.56. The molecule has 1 fully saturated rings. The van der Waals surface area contributed by atoms with E-state index in [2.05, 4.69) is 29.0 Å². The van der Waals surface area contributed by atoms with Crippen LogP contribution < -0.4 is 10.6 Å². The first-order chi connectivity index (χ1) is 10.1. The fourth-order valence-electron chi connectivity index (χ4n) is 2.43. The van der Waals surface area contributed by atoms with E-state index in [4.69, 9.17) is 0 Å². The van der Waals surface area contributed by atoms with Gasteiger partial charge < -0.3 is 10.6 Å². The van der Waals surface area contributed by atoms with E-state index in [9.17, 15) is 9.59 Å². The molecule has 2 rings (SSSR count). The zero-order valence-electron chi connectivity index (χ0n) is 12.6. The molecule has 0 aliphatic carbocycles. The van der Waals surface area contributed by atoms with Crippen molar-refractivity contribution in [2.45, 2.75) is 38.8 Å². The number of likely N-dealkylation sites (N-methyl/N-ethyl adjacent to an activating group) is 1. The third-order valence-corrected chi connectivity index (χ3v) is 4.67. The normalized spacial score (nSPS) is 19.2. The number of nitrogens with one attached hydrogen (secondary N) is 2. The number of aryl methyl sites for hydroxylation is 1. The Morgan fingerprint density at radius 1 is 1.52 bits per heavy atom. The maximum Gasteiger partial charge on any atom is 0.242 e. The van der Waals surface area contributed by atoms with Crippen LogP contribution in [0.3, 0.4) is 0 Å². The summed E-state index contributed by atoms with van der Waals surface area (Å²) in [4.78, 5) is 27.1. The maximum atomic E-state index is 12.1. The molecule has 1 aromatic rings. The van der Waals surface area contributed by atoms with Crippen LogP contribution in [0, 0.1) is 6.92 Å². The number of nitrogens with zero attached hydrogens (tertiary/aromatic N) is 1. The summed E-state index contributed by atoms with van der Waals surface area (Å²) in [6.07, 6.45) is 2.68. The Hall–Kier alpha value is -1.40. The smallest absolute Gasteiger partial charge is 0.242 e. The molecule has 6 heteroatoms. The number of thiophene rings is 1. The highest BCUT2D eigenvalue weighted by molar-refractivity contribution is 7.10. The summed E-state index contributed by atoms with van der Waals surface area (Å²) in [5.41, 5.74) is 1.26. The molecule has 0 radical (unpaired) electrons. The van der Waals surface area contributed by atoms with Crippen molar-refractivity contribution in [3.8, 4) is 0 Å². The molecule has 5 nitrogen and oxygen atoms in total. The number of carbonyl (C=O) groups excluding carboxylic acids is 2. The molecule has 116 valence electrons. The number of rotatable bonds is 5. The minimum Gasteiger partial charge on any atom is -0.354 e. The van der Waals surface area contributed by atoms with E-state index in [0.29, 0.717) is 13.1 Å². The predicted molar refractivity (Wildman–Crippen MR) is 84.2 cm³/mol. The molecule has 0 aromatic carbocycles. The summed E-state index contributed by atoms with van der Waals surface area (Å²) >= 11 is 1.71. The van der Waals surface area contributed by atoms with Crippen LogP contribution in [0.1, 0.15) is 29.7 Å². The van der Waals surface area contributed by atoms with Gasteiger partial charge in [0.2, 0.25) is 11.8 Å². The Labute approximate surface area is 129 Å². The highest BCUT2D eigenvalue weighted by atomic mass is 32.1. The van der Waals surface area contributed by atoms with Crippen molar-refractivity contribution < 1.29 is 9.59 Å². The second-order valence-electron chi connectivity index (χ2n) is 5.61. The Bertz CT molecular complexity index is 501. The molecule has 2 amide bonds. The van der Waals surface area contributed by atoms with Gasteiger partial charge in [-0.3, -0.25) is 14.5 Å². The summed E-state index contributed by atoms with van der Waals surface area (Å²) < 4.78 is 0.